The molecule has 0 saturated heterocycles. The van der Waals surface area contributed by atoms with Crippen LogP contribution in [0.2, 0.25) is 0 Å². The van der Waals surface area contributed by atoms with Gasteiger partial charge in [-0.15, -0.1) is 11.3 Å². The number of nitrogens with zero attached hydrogens (tertiary/aromatic N) is 1. The lowest BCUT2D eigenvalue weighted by atomic mass is 10.0. The Morgan fingerprint density at radius 1 is 1.31 bits per heavy atom. The molecule has 2 unspecified atom stereocenters. The predicted octanol–water partition coefficient (Wildman–Crippen LogP) is 2.98. The first-order valence-corrected chi connectivity index (χ1v) is 6.83. The monoisotopic (exact) mass is 240 g/mol. The van der Waals surface area contributed by atoms with Gasteiger partial charge >= 0.3 is 0 Å². The summed E-state index contributed by atoms with van der Waals surface area (Å²) in [5.41, 5.74) is 0. The topological polar surface area (TPSA) is 15.3 Å². The second-order valence-electron chi connectivity index (χ2n) is 5.02. The Bertz CT molecular complexity index is 280. The van der Waals surface area contributed by atoms with Crippen LogP contribution in [0.15, 0.2) is 17.5 Å². The molecule has 2 atom stereocenters. The number of rotatable bonds is 6. The van der Waals surface area contributed by atoms with Crippen LogP contribution in [-0.2, 0) is 0 Å². The largest absolute Gasteiger partial charge is 0.308 e. The molecule has 1 aromatic rings. The Balaban J connectivity index is 2.54. The molecule has 1 heterocycles. The highest BCUT2D eigenvalue weighted by Gasteiger charge is 2.17. The van der Waals surface area contributed by atoms with Crippen molar-refractivity contribution >= 4 is 11.3 Å². The SMILES string of the molecule is CC(NC(CN(C)C)C(C)C)c1cccs1. The van der Waals surface area contributed by atoms with Gasteiger partial charge in [0.15, 0.2) is 0 Å². The van der Waals surface area contributed by atoms with Crippen molar-refractivity contribution in [3.05, 3.63) is 22.4 Å². The van der Waals surface area contributed by atoms with Crippen LogP contribution in [-0.4, -0.2) is 31.6 Å². The molecule has 0 aliphatic rings. The normalized spacial score (nSPS) is 15.7. The predicted molar refractivity (Wildman–Crippen MR) is 73.0 cm³/mol. The standard InChI is InChI=1S/C13H24N2S/c1-10(2)12(9-15(4)5)14-11(3)13-7-6-8-16-13/h6-8,10-12,14H,9H2,1-5H3. The molecule has 0 radical (unpaired) electrons. The first-order valence-electron chi connectivity index (χ1n) is 5.95. The Morgan fingerprint density at radius 3 is 2.44 bits per heavy atom. The highest BCUT2D eigenvalue weighted by molar-refractivity contribution is 7.10. The molecule has 0 saturated carbocycles. The van der Waals surface area contributed by atoms with Crippen LogP contribution in [0.4, 0.5) is 0 Å². The summed E-state index contributed by atoms with van der Waals surface area (Å²) in [7, 11) is 4.26. The van der Waals surface area contributed by atoms with Crippen LogP contribution in [0, 0.1) is 5.92 Å². The Hall–Kier alpha value is -0.380. The van der Waals surface area contributed by atoms with Crippen LogP contribution in [0.5, 0.6) is 0 Å². The third-order valence-corrected chi connectivity index (χ3v) is 3.86. The molecule has 0 aliphatic heterocycles. The van der Waals surface area contributed by atoms with Gasteiger partial charge in [0.2, 0.25) is 0 Å². The molecule has 92 valence electrons. The smallest absolute Gasteiger partial charge is 0.0388 e. The van der Waals surface area contributed by atoms with Crippen molar-refractivity contribution in [2.45, 2.75) is 32.9 Å². The molecule has 1 rings (SSSR count). The molecule has 0 amide bonds. The van der Waals surface area contributed by atoms with Gasteiger partial charge in [0.25, 0.3) is 0 Å². The summed E-state index contributed by atoms with van der Waals surface area (Å²) in [4.78, 5) is 3.67. The third kappa shape index (κ3) is 4.24. The van der Waals surface area contributed by atoms with E-state index in [1.807, 2.05) is 11.3 Å². The van der Waals surface area contributed by atoms with E-state index in [1.165, 1.54) is 4.88 Å². The summed E-state index contributed by atoms with van der Waals surface area (Å²) in [6.45, 7) is 7.90. The van der Waals surface area contributed by atoms with Gasteiger partial charge in [-0.3, -0.25) is 0 Å². The highest BCUT2D eigenvalue weighted by Crippen LogP contribution is 2.20. The number of hydrogen-bond acceptors (Lipinski definition) is 3. The van der Waals surface area contributed by atoms with E-state index in [2.05, 4.69) is 62.6 Å². The molecule has 0 fully saturated rings. The van der Waals surface area contributed by atoms with Gasteiger partial charge in [-0.1, -0.05) is 19.9 Å². The number of likely N-dealkylation sites (N-methyl/N-ethyl adjacent to an activating group) is 1. The van der Waals surface area contributed by atoms with Crippen molar-refractivity contribution in [3.63, 3.8) is 0 Å². The van der Waals surface area contributed by atoms with E-state index in [1.54, 1.807) is 0 Å². The summed E-state index contributed by atoms with van der Waals surface area (Å²) in [6, 6.07) is 5.32. The first kappa shape index (κ1) is 13.7. The molecule has 0 spiro atoms. The molecular weight excluding hydrogens is 216 g/mol. The van der Waals surface area contributed by atoms with Crippen molar-refractivity contribution in [1.82, 2.24) is 10.2 Å². The van der Waals surface area contributed by atoms with Gasteiger partial charge in [-0.25, -0.2) is 0 Å². The summed E-state index contributed by atoms with van der Waals surface area (Å²) in [5.74, 6) is 0.657. The zero-order chi connectivity index (χ0) is 12.1. The molecule has 0 aromatic carbocycles. The first-order chi connectivity index (χ1) is 7.50. The van der Waals surface area contributed by atoms with Crippen molar-refractivity contribution in [2.75, 3.05) is 20.6 Å². The number of hydrogen-bond donors (Lipinski definition) is 1. The van der Waals surface area contributed by atoms with E-state index >= 15 is 0 Å². The summed E-state index contributed by atoms with van der Waals surface area (Å²) < 4.78 is 0. The fraction of sp³-hybridized carbons (Fsp3) is 0.692. The van der Waals surface area contributed by atoms with Gasteiger partial charge in [0.05, 0.1) is 0 Å². The molecular formula is C13H24N2S. The minimum atomic E-state index is 0.451. The zero-order valence-corrected chi connectivity index (χ0v) is 11.8. The van der Waals surface area contributed by atoms with Gasteiger partial charge in [-0.05, 0) is 38.4 Å². The number of nitrogens with one attached hydrogen (secondary N) is 1. The molecule has 3 heteroatoms. The Labute approximate surface area is 104 Å². The van der Waals surface area contributed by atoms with Crippen LogP contribution < -0.4 is 5.32 Å². The Kier molecular flexibility index (Phi) is 5.46. The van der Waals surface area contributed by atoms with E-state index in [0.717, 1.165) is 6.54 Å². The van der Waals surface area contributed by atoms with Gasteiger partial charge in [0.1, 0.15) is 0 Å². The quantitative estimate of drug-likeness (QED) is 0.822. The summed E-state index contributed by atoms with van der Waals surface area (Å²) in [5, 5.41) is 5.86. The fourth-order valence-electron chi connectivity index (χ4n) is 1.79. The lowest BCUT2D eigenvalue weighted by Crippen LogP contribution is -2.42. The lowest BCUT2D eigenvalue weighted by molar-refractivity contribution is 0.274. The summed E-state index contributed by atoms with van der Waals surface area (Å²) in [6.07, 6.45) is 0. The molecule has 16 heavy (non-hydrogen) atoms. The maximum Gasteiger partial charge on any atom is 0.0388 e. The van der Waals surface area contributed by atoms with Crippen molar-refractivity contribution < 1.29 is 0 Å². The highest BCUT2D eigenvalue weighted by atomic mass is 32.1. The molecule has 1 N–H and O–H groups in total. The van der Waals surface area contributed by atoms with Crippen molar-refractivity contribution in [3.8, 4) is 0 Å². The van der Waals surface area contributed by atoms with Crippen LogP contribution in [0.3, 0.4) is 0 Å². The second-order valence-corrected chi connectivity index (χ2v) is 6.00. The minimum absolute atomic E-state index is 0.451. The van der Waals surface area contributed by atoms with Crippen molar-refractivity contribution in [1.29, 1.82) is 0 Å². The summed E-state index contributed by atoms with van der Waals surface area (Å²) >= 11 is 1.83. The Morgan fingerprint density at radius 2 is 2.00 bits per heavy atom. The molecule has 1 aromatic heterocycles. The third-order valence-electron chi connectivity index (χ3n) is 2.80. The van der Waals surface area contributed by atoms with Crippen LogP contribution in [0.25, 0.3) is 0 Å². The minimum Gasteiger partial charge on any atom is -0.308 e. The van der Waals surface area contributed by atoms with E-state index < -0.39 is 0 Å². The van der Waals surface area contributed by atoms with Gasteiger partial charge in [0, 0.05) is 23.5 Å². The maximum atomic E-state index is 3.72. The lowest BCUT2D eigenvalue weighted by Gasteiger charge is -2.28. The van der Waals surface area contributed by atoms with Crippen LogP contribution >= 0.6 is 11.3 Å². The van der Waals surface area contributed by atoms with Crippen molar-refractivity contribution in [2.24, 2.45) is 5.92 Å². The van der Waals surface area contributed by atoms with E-state index in [0.29, 0.717) is 18.0 Å². The molecule has 0 bridgehead atoms. The zero-order valence-electron chi connectivity index (χ0n) is 11.0. The van der Waals surface area contributed by atoms with E-state index in [9.17, 15) is 0 Å². The van der Waals surface area contributed by atoms with E-state index in [-0.39, 0.29) is 0 Å². The molecule has 2 nitrogen and oxygen atoms in total. The molecule has 0 aliphatic carbocycles. The van der Waals surface area contributed by atoms with Gasteiger partial charge < -0.3 is 10.2 Å². The van der Waals surface area contributed by atoms with Crippen LogP contribution in [0.1, 0.15) is 31.7 Å². The fourth-order valence-corrected chi connectivity index (χ4v) is 2.53. The second kappa shape index (κ2) is 6.38. The van der Waals surface area contributed by atoms with Gasteiger partial charge in [-0.2, -0.15) is 0 Å². The average molecular weight is 240 g/mol. The van der Waals surface area contributed by atoms with E-state index in [4.69, 9.17) is 0 Å². The maximum absolute atomic E-state index is 3.72. The number of thiophene rings is 1. The average Bonchev–Trinajstić information content (AvgIpc) is 2.68.